The molecule has 0 bridgehead atoms. The number of non-ortho nitro benzene ring substituents is 1. The molecule has 46 heavy (non-hydrogen) atoms. The summed E-state index contributed by atoms with van der Waals surface area (Å²) in [6, 6.07) is 13.6. The van der Waals surface area contributed by atoms with Gasteiger partial charge in [0.1, 0.15) is 13.2 Å². The Balaban J connectivity index is 1.40. The minimum atomic E-state index is -2.11. The van der Waals surface area contributed by atoms with Gasteiger partial charge in [-0.2, -0.15) is 0 Å². The molecule has 2 heterocycles. The summed E-state index contributed by atoms with van der Waals surface area (Å²) in [7, 11) is -2.11. The number of nitrogens with zero attached hydrogens (tertiary/aromatic N) is 3. The highest BCUT2D eigenvalue weighted by molar-refractivity contribution is 6.69. The number of carbonyl (C=O) groups excluding carboxylic acids is 5. The molecule has 2 aliphatic rings. The van der Waals surface area contributed by atoms with Crippen molar-refractivity contribution in [2.24, 2.45) is 5.92 Å². The maximum absolute atomic E-state index is 13.4. The third-order valence-electron chi connectivity index (χ3n) is 7.65. The molecular formula is C32H37N3O10Si. The molecule has 2 aromatic rings. The van der Waals surface area contributed by atoms with Crippen molar-refractivity contribution in [1.82, 2.24) is 9.80 Å². The lowest BCUT2D eigenvalue weighted by molar-refractivity contribution is -0.384. The molecule has 0 spiro atoms. The van der Waals surface area contributed by atoms with Gasteiger partial charge in [0.05, 0.1) is 23.0 Å². The summed E-state index contributed by atoms with van der Waals surface area (Å²) in [4.78, 5) is 77.6. The fourth-order valence-electron chi connectivity index (χ4n) is 5.42. The largest absolute Gasteiger partial charge is 0.454 e. The molecule has 0 saturated carbocycles. The predicted octanol–water partition coefficient (Wildman–Crippen LogP) is 4.16. The molecule has 1 fully saturated rings. The van der Waals surface area contributed by atoms with Gasteiger partial charge in [-0.05, 0) is 61.8 Å². The van der Waals surface area contributed by atoms with Gasteiger partial charge in [-0.1, -0.05) is 36.4 Å². The van der Waals surface area contributed by atoms with Crippen LogP contribution in [0.1, 0.15) is 30.9 Å². The zero-order valence-corrected chi connectivity index (χ0v) is 27.2. The molecule has 3 amide bonds. The summed E-state index contributed by atoms with van der Waals surface area (Å²) in [5.74, 6) is -4.26. The van der Waals surface area contributed by atoms with E-state index in [2.05, 4.69) is 0 Å². The average Bonchev–Trinajstić information content (AvgIpc) is 3.02. The van der Waals surface area contributed by atoms with Crippen LogP contribution in [0.5, 0.6) is 0 Å². The first-order chi connectivity index (χ1) is 21.7. The van der Waals surface area contributed by atoms with Crippen molar-refractivity contribution in [3.05, 3.63) is 87.5 Å². The van der Waals surface area contributed by atoms with Crippen molar-refractivity contribution < 1.29 is 42.8 Å². The lowest BCUT2D eigenvalue weighted by Gasteiger charge is -2.48. The van der Waals surface area contributed by atoms with E-state index in [9.17, 15) is 34.1 Å². The van der Waals surface area contributed by atoms with Crippen molar-refractivity contribution in [3.8, 4) is 0 Å². The lowest BCUT2D eigenvalue weighted by Crippen LogP contribution is -2.68. The van der Waals surface area contributed by atoms with Crippen molar-refractivity contribution in [3.63, 3.8) is 0 Å². The fraction of sp³-hybridized carbons (Fsp3) is 0.406. The topological polar surface area (TPSA) is 163 Å². The minimum absolute atomic E-state index is 0.126. The van der Waals surface area contributed by atoms with Gasteiger partial charge in [-0.3, -0.25) is 29.4 Å². The van der Waals surface area contributed by atoms with Crippen molar-refractivity contribution in [2.45, 2.75) is 64.8 Å². The lowest BCUT2D eigenvalue weighted by atomic mass is 9.79. The van der Waals surface area contributed by atoms with E-state index < -0.39 is 55.2 Å². The SMILES string of the molecule is C[C@@H](O[Si](C)(C)C)[C@H]1C(=O)N(C(=O)C(=O)OCc2ccc([N+](=O)[O-])cc2)[C@@H]1CC(=O)C1=CCN(C(=O)OCc2ccccc2)CC1. The number of hydrogen-bond acceptors (Lipinski definition) is 10. The highest BCUT2D eigenvalue weighted by Gasteiger charge is 2.56. The van der Waals surface area contributed by atoms with Crippen LogP contribution >= 0.6 is 0 Å². The number of imide groups is 1. The van der Waals surface area contributed by atoms with E-state index in [0.717, 1.165) is 10.5 Å². The zero-order valence-electron chi connectivity index (χ0n) is 26.2. The smallest absolute Gasteiger partial charge is 0.410 e. The number of hydrogen-bond donors (Lipinski definition) is 0. The number of β-lactam (4-membered cyclic amide) rings is 1. The first kappa shape index (κ1) is 34.2. The predicted molar refractivity (Wildman–Crippen MR) is 166 cm³/mol. The second-order valence-corrected chi connectivity index (χ2v) is 16.6. The molecule has 244 valence electrons. The second-order valence-electron chi connectivity index (χ2n) is 12.1. The molecule has 3 atom stereocenters. The maximum Gasteiger partial charge on any atom is 0.410 e. The van der Waals surface area contributed by atoms with E-state index in [1.165, 1.54) is 29.2 Å². The van der Waals surface area contributed by atoms with Gasteiger partial charge in [0.15, 0.2) is 14.1 Å². The Hall–Kier alpha value is -4.69. The molecule has 0 aliphatic carbocycles. The Kier molecular flexibility index (Phi) is 10.9. The number of likely N-dealkylation sites (tertiary alicyclic amines) is 1. The number of rotatable bonds is 11. The molecule has 1 saturated heterocycles. The Morgan fingerprint density at radius 2 is 1.61 bits per heavy atom. The van der Waals surface area contributed by atoms with E-state index in [-0.39, 0.29) is 50.6 Å². The third-order valence-corrected chi connectivity index (χ3v) is 8.73. The summed E-state index contributed by atoms with van der Waals surface area (Å²) in [6.07, 6.45) is 0.570. The van der Waals surface area contributed by atoms with Crippen LogP contribution in [0.25, 0.3) is 0 Å². The van der Waals surface area contributed by atoms with Gasteiger partial charge >= 0.3 is 18.0 Å². The molecular weight excluding hydrogens is 614 g/mol. The van der Waals surface area contributed by atoms with Crippen LogP contribution in [0.4, 0.5) is 10.5 Å². The summed E-state index contributed by atoms with van der Waals surface area (Å²) in [5.41, 5.74) is 1.57. The van der Waals surface area contributed by atoms with E-state index in [4.69, 9.17) is 13.9 Å². The molecule has 0 aromatic heterocycles. The number of Topliss-reactive ketones (excluding diaryl/α,β-unsaturated/α-hetero) is 1. The van der Waals surface area contributed by atoms with Crippen LogP contribution in [0.15, 0.2) is 66.2 Å². The zero-order chi connectivity index (χ0) is 33.6. The summed E-state index contributed by atoms with van der Waals surface area (Å²) < 4.78 is 16.6. The molecule has 14 heteroatoms. The third kappa shape index (κ3) is 8.51. The first-order valence-electron chi connectivity index (χ1n) is 14.9. The summed E-state index contributed by atoms with van der Waals surface area (Å²) >= 11 is 0. The highest BCUT2D eigenvalue weighted by Crippen LogP contribution is 2.36. The number of carbonyl (C=O) groups is 5. The van der Waals surface area contributed by atoms with Gasteiger partial charge < -0.3 is 18.8 Å². The average molecular weight is 652 g/mol. The Bertz CT molecular complexity index is 1520. The molecule has 0 radical (unpaired) electrons. The first-order valence-corrected chi connectivity index (χ1v) is 18.3. The standard InChI is InChI=1S/C32H37N3O10Si/c1-21(45-46(2,3)4)28-26(34(29(28)37)30(38)31(39)43-19-23-10-12-25(13-11-23)35(41)42)18-27(36)24-14-16-33(17-15-24)32(40)44-20-22-8-6-5-7-9-22/h5-14,21,26,28H,15-20H2,1-4H3/t21-,26-,28-/m1/s1. The quantitative estimate of drug-likeness (QED) is 0.0861. The van der Waals surface area contributed by atoms with E-state index >= 15 is 0 Å². The molecule has 2 aromatic carbocycles. The van der Waals surface area contributed by atoms with E-state index in [1.54, 1.807) is 13.0 Å². The maximum atomic E-state index is 13.4. The number of nitro groups is 1. The van der Waals surface area contributed by atoms with Crippen LogP contribution in [0, 0.1) is 16.0 Å². The summed E-state index contributed by atoms with van der Waals surface area (Å²) in [5, 5.41) is 10.9. The minimum Gasteiger partial charge on any atom is -0.454 e. The van der Waals surface area contributed by atoms with Gasteiger partial charge in [0, 0.05) is 31.6 Å². The van der Waals surface area contributed by atoms with E-state index in [0.29, 0.717) is 11.1 Å². The number of benzene rings is 2. The number of amides is 3. The number of nitro benzene ring substituents is 1. The van der Waals surface area contributed by atoms with Crippen LogP contribution < -0.4 is 0 Å². The van der Waals surface area contributed by atoms with Crippen molar-refractivity contribution in [2.75, 3.05) is 13.1 Å². The summed E-state index contributed by atoms with van der Waals surface area (Å²) in [6.45, 7) is 7.77. The molecule has 13 nitrogen and oxygen atoms in total. The Labute approximate surface area is 267 Å². The van der Waals surface area contributed by atoms with Gasteiger partial charge in [0.25, 0.3) is 5.69 Å². The number of ketones is 1. The van der Waals surface area contributed by atoms with E-state index in [1.807, 2.05) is 50.0 Å². The Morgan fingerprint density at radius 3 is 2.20 bits per heavy atom. The number of ether oxygens (including phenoxy) is 2. The fourth-order valence-corrected chi connectivity index (χ4v) is 6.69. The van der Waals surface area contributed by atoms with Crippen molar-refractivity contribution in [1.29, 1.82) is 0 Å². The van der Waals surface area contributed by atoms with Gasteiger partial charge in [0.2, 0.25) is 5.91 Å². The number of esters is 1. The van der Waals surface area contributed by atoms with Gasteiger partial charge in [-0.25, -0.2) is 9.59 Å². The van der Waals surface area contributed by atoms with Crippen LogP contribution in [-0.2, 0) is 46.3 Å². The molecule has 2 aliphatic heterocycles. The van der Waals surface area contributed by atoms with Crippen LogP contribution in [0.2, 0.25) is 19.6 Å². The molecule has 0 N–H and O–H groups in total. The molecule has 4 rings (SSSR count). The van der Waals surface area contributed by atoms with Crippen LogP contribution in [-0.4, -0.2) is 77.9 Å². The highest BCUT2D eigenvalue weighted by atomic mass is 28.4. The second kappa shape index (κ2) is 14.6. The van der Waals surface area contributed by atoms with Gasteiger partial charge in [-0.15, -0.1) is 0 Å². The molecule has 0 unspecified atom stereocenters. The van der Waals surface area contributed by atoms with Crippen molar-refractivity contribution >= 4 is 43.7 Å². The Morgan fingerprint density at radius 1 is 0.978 bits per heavy atom. The monoisotopic (exact) mass is 651 g/mol. The normalized spacial score (nSPS) is 18.6. The van der Waals surface area contributed by atoms with Crippen LogP contribution in [0.3, 0.4) is 0 Å².